The molecule has 1 unspecified atom stereocenters. The number of methoxy groups -OCH3 is 1. The number of hydrogen-bond donors (Lipinski definition) is 0. The minimum absolute atomic E-state index is 0.260. The summed E-state index contributed by atoms with van der Waals surface area (Å²) in [5, 5.41) is 5.06. The van der Waals surface area contributed by atoms with E-state index in [-0.39, 0.29) is 11.9 Å². The van der Waals surface area contributed by atoms with Crippen molar-refractivity contribution in [1.82, 2.24) is 14.8 Å². The molecule has 1 aliphatic heterocycles. The lowest BCUT2D eigenvalue weighted by molar-refractivity contribution is -0.143. The fourth-order valence-corrected chi connectivity index (χ4v) is 2.69. The highest BCUT2D eigenvalue weighted by Crippen LogP contribution is 2.31. The molecule has 20 heavy (non-hydrogen) atoms. The van der Waals surface area contributed by atoms with Crippen molar-refractivity contribution in [2.24, 2.45) is 0 Å². The third-order valence-electron chi connectivity index (χ3n) is 3.48. The van der Waals surface area contributed by atoms with Crippen molar-refractivity contribution in [3.63, 3.8) is 0 Å². The van der Waals surface area contributed by atoms with Gasteiger partial charge in [0.25, 0.3) is 0 Å². The average Bonchev–Trinajstić information content (AvgIpc) is 2.90. The minimum Gasteiger partial charge on any atom is -0.468 e. The Morgan fingerprint density at radius 2 is 2.25 bits per heavy atom. The number of halogens is 1. The van der Waals surface area contributed by atoms with Gasteiger partial charge < -0.3 is 4.74 Å². The molecule has 5 nitrogen and oxygen atoms in total. The molecule has 2 aromatic rings. The topological polar surface area (TPSA) is 57.0 Å². The molecule has 1 atom stereocenters. The Bertz CT molecular complexity index is 654. The second-order valence-electron chi connectivity index (χ2n) is 4.71. The molecule has 0 saturated heterocycles. The Morgan fingerprint density at radius 3 is 3.00 bits per heavy atom. The molecule has 2 heterocycles. The highest BCUT2D eigenvalue weighted by Gasteiger charge is 2.31. The van der Waals surface area contributed by atoms with Crippen LogP contribution in [0.3, 0.4) is 0 Å². The number of rotatable bonds is 2. The number of aromatic nitrogens is 3. The third-order valence-corrected chi connectivity index (χ3v) is 3.80. The van der Waals surface area contributed by atoms with Crippen molar-refractivity contribution in [2.75, 3.05) is 7.11 Å². The van der Waals surface area contributed by atoms with Crippen LogP contribution >= 0.6 is 11.6 Å². The standard InChI is InChI=1S/C14H14ClN3O2/c1-20-14(19)10-6-4-8-18-13(10)16-12(17-18)9-5-2-3-7-11(9)15/h2-3,5,7,10H,4,6,8H2,1H3. The van der Waals surface area contributed by atoms with E-state index in [1.54, 1.807) is 10.7 Å². The molecule has 6 heteroatoms. The number of ether oxygens (including phenoxy) is 1. The van der Waals surface area contributed by atoms with Crippen LogP contribution < -0.4 is 0 Å². The van der Waals surface area contributed by atoms with E-state index in [1.165, 1.54) is 7.11 Å². The fraction of sp³-hybridized carbons (Fsp3) is 0.357. The summed E-state index contributed by atoms with van der Waals surface area (Å²) in [6.45, 7) is 0.764. The summed E-state index contributed by atoms with van der Waals surface area (Å²) in [5.41, 5.74) is 0.777. The molecule has 0 bridgehead atoms. The average molecular weight is 292 g/mol. The van der Waals surface area contributed by atoms with E-state index in [4.69, 9.17) is 16.3 Å². The molecule has 0 amide bonds. The zero-order valence-electron chi connectivity index (χ0n) is 11.0. The first-order chi connectivity index (χ1) is 9.70. The summed E-state index contributed by atoms with van der Waals surface area (Å²) in [7, 11) is 1.40. The number of aryl methyl sites for hydroxylation is 1. The summed E-state index contributed by atoms with van der Waals surface area (Å²) in [6, 6.07) is 7.42. The summed E-state index contributed by atoms with van der Waals surface area (Å²) >= 11 is 6.17. The van der Waals surface area contributed by atoms with Gasteiger partial charge in [-0.3, -0.25) is 4.79 Å². The van der Waals surface area contributed by atoms with Crippen molar-refractivity contribution >= 4 is 17.6 Å². The van der Waals surface area contributed by atoms with Crippen LogP contribution in [0.2, 0.25) is 5.02 Å². The van der Waals surface area contributed by atoms with Gasteiger partial charge in [-0.1, -0.05) is 23.7 Å². The largest absolute Gasteiger partial charge is 0.468 e. The molecular formula is C14H14ClN3O2. The quantitative estimate of drug-likeness (QED) is 0.798. The van der Waals surface area contributed by atoms with Crippen molar-refractivity contribution in [1.29, 1.82) is 0 Å². The predicted octanol–water partition coefficient (Wildman–Crippen LogP) is 2.65. The molecule has 0 radical (unpaired) electrons. The second kappa shape index (κ2) is 5.25. The molecule has 0 spiro atoms. The van der Waals surface area contributed by atoms with Crippen molar-refractivity contribution in [2.45, 2.75) is 25.3 Å². The predicted molar refractivity (Wildman–Crippen MR) is 74.5 cm³/mol. The number of fused-ring (bicyclic) bond motifs is 1. The Labute approximate surface area is 121 Å². The van der Waals surface area contributed by atoms with E-state index in [0.717, 1.165) is 24.9 Å². The van der Waals surface area contributed by atoms with Gasteiger partial charge >= 0.3 is 5.97 Å². The van der Waals surface area contributed by atoms with Crippen LogP contribution in [0.1, 0.15) is 24.6 Å². The van der Waals surface area contributed by atoms with E-state index in [0.29, 0.717) is 16.7 Å². The molecule has 0 N–H and O–H groups in total. The first kappa shape index (κ1) is 13.1. The minimum atomic E-state index is -0.336. The summed E-state index contributed by atoms with van der Waals surface area (Å²) in [5.74, 6) is 0.626. The SMILES string of the molecule is COC(=O)C1CCCn2nc(-c3ccccc3Cl)nc21. The van der Waals surface area contributed by atoms with E-state index in [9.17, 15) is 4.79 Å². The lowest BCUT2D eigenvalue weighted by Crippen LogP contribution is -2.24. The number of carbonyl (C=O) groups is 1. The van der Waals surface area contributed by atoms with Gasteiger partial charge in [0.1, 0.15) is 11.7 Å². The van der Waals surface area contributed by atoms with Gasteiger partial charge in [-0.25, -0.2) is 9.67 Å². The van der Waals surface area contributed by atoms with Gasteiger partial charge in [0.05, 0.1) is 12.1 Å². The van der Waals surface area contributed by atoms with Crippen molar-refractivity contribution < 1.29 is 9.53 Å². The Hall–Kier alpha value is -1.88. The third kappa shape index (κ3) is 2.18. The molecule has 1 aromatic carbocycles. The number of hydrogen-bond acceptors (Lipinski definition) is 4. The van der Waals surface area contributed by atoms with Gasteiger partial charge in [0.15, 0.2) is 5.82 Å². The van der Waals surface area contributed by atoms with E-state index < -0.39 is 0 Å². The van der Waals surface area contributed by atoms with E-state index in [1.807, 2.05) is 18.2 Å². The highest BCUT2D eigenvalue weighted by molar-refractivity contribution is 6.33. The van der Waals surface area contributed by atoms with Crippen LogP contribution in [0.4, 0.5) is 0 Å². The Kier molecular flexibility index (Phi) is 3.44. The van der Waals surface area contributed by atoms with Gasteiger partial charge in [0, 0.05) is 12.1 Å². The monoisotopic (exact) mass is 291 g/mol. The van der Waals surface area contributed by atoms with Crippen molar-refractivity contribution in [3.05, 3.63) is 35.1 Å². The molecule has 0 fully saturated rings. The number of nitrogens with zero attached hydrogens (tertiary/aromatic N) is 3. The van der Waals surface area contributed by atoms with Crippen LogP contribution in [0, 0.1) is 0 Å². The van der Waals surface area contributed by atoms with Gasteiger partial charge in [-0.2, -0.15) is 5.10 Å². The van der Waals surface area contributed by atoms with Gasteiger partial charge in [0.2, 0.25) is 0 Å². The molecule has 104 valence electrons. The number of esters is 1. The zero-order chi connectivity index (χ0) is 14.1. The molecular weight excluding hydrogens is 278 g/mol. The van der Waals surface area contributed by atoms with Crippen molar-refractivity contribution in [3.8, 4) is 11.4 Å². The number of carbonyl (C=O) groups excluding carboxylic acids is 1. The summed E-state index contributed by atoms with van der Waals surface area (Å²) in [6.07, 6.45) is 1.63. The Balaban J connectivity index is 2.04. The van der Waals surface area contributed by atoms with Crippen LogP contribution in [-0.2, 0) is 16.1 Å². The van der Waals surface area contributed by atoms with Gasteiger partial charge in [-0.15, -0.1) is 0 Å². The normalized spacial score (nSPS) is 17.6. The van der Waals surface area contributed by atoms with E-state index in [2.05, 4.69) is 10.1 Å². The molecule has 3 rings (SSSR count). The van der Waals surface area contributed by atoms with Crippen LogP contribution in [0.5, 0.6) is 0 Å². The molecule has 0 aliphatic carbocycles. The summed E-state index contributed by atoms with van der Waals surface area (Å²) < 4.78 is 6.62. The maximum absolute atomic E-state index is 11.8. The maximum atomic E-state index is 11.8. The van der Waals surface area contributed by atoms with E-state index >= 15 is 0 Å². The lowest BCUT2D eigenvalue weighted by atomic mass is 9.99. The zero-order valence-corrected chi connectivity index (χ0v) is 11.8. The molecule has 1 aromatic heterocycles. The van der Waals surface area contributed by atoms with Crippen LogP contribution in [0.25, 0.3) is 11.4 Å². The Morgan fingerprint density at radius 1 is 1.45 bits per heavy atom. The lowest BCUT2D eigenvalue weighted by Gasteiger charge is -2.19. The second-order valence-corrected chi connectivity index (χ2v) is 5.12. The highest BCUT2D eigenvalue weighted by atomic mass is 35.5. The van der Waals surface area contributed by atoms with Crippen LogP contribution in [-0.4, -0.2) is 27.8 Å². The van der Waals surface area contributed by atoms with Gasteiger partial charge in [-0.05, 0) is 25.0 Å². The molecule has 1 aliphatic rings. The first-order valence-corrected chi connectivity index (χ1v) is 6.86. The fourth-order valence-electron chi connectivity index (χ4n) is 2.47. The smallest absolute Gasteiger partial charge is 0.316 e. The number of benzene rings is 1. The first-order valence-electron chi connectivity index (χ1n) is 6.48. The maximum Gasteiger partial charge on any atom is 0.316 e. The summed E-state index contributed by atoms with van der Waals surface area (Å²) in [4.78, 5) is 16.3. The van der Waals surface area contributed by atoms with Crippen LogP contribution in [0.15, 0.2) is 24.3 Å². The molecule has 0 saturated carbocycles.